The Morgan fingerprint density at radius 2 is 1.97 bits per heavy atom. The van der Waals surface area contributed by atoms with Gasteiger partial charge in [0.1, 0.15) is 0 Å². The molecule has 4 rings (SSSR count). The van der Waals surface area contributed by atoms with E-state index in [0.29, 0.717) is 22.8 Å². The fourth-order valence-electron chi connectivity index (χ4n) is 3.07. The second kappa shape index (κ2) is 7.91. The van der Waals surface area contributed by atoms with Gasteiger partial charge >= 0.3 is 6.18 Å². The molecule has 0 N–H and O–H groups in total. The van der Waals surface area contributed by atoms with E-state index in [9.17, 15) is 18.0 Å². The average Bonchev–Trinajstić information content (AvgIpc) is 3.38. The molecule has 4 aromatic rings. The monoisotopic (exact) mass is 430 g/mol. The van der Waals surface area contributed by atoms with Crippen LogP contribution in [0.2, 0.25) is 0 Å². The number of carbonyl (C=O) groups excluding carboxylic acids is 1. The Bertz CT molecular complexity index is 1170. The van der Waals surface area contributed by atoms with E-state index in [1.807, 2.05) is 24.3 Å². The van der Waals surface area contributed by atoms with Crippen LogP contribution >= 0.6 is 11.3 Å². The highest BCUT2D eigenvalue weighted by Crippen LogP contribution is 2.30. The summed E-state index contributed by atoms with van der Waals surface area (Å²) >= 11 is 1.45. The second-order valence-corrected chi connectivity index (χ2v) is 7.66. The molecule has 0 saturated heterocycles. The molecule has 2 heterocycles. The zero-order chi connectivity index (χ0) is 21.3. The van der Waals surface area contributed by atoms with Gasteiger partial charge in [-0.2, -0.15) is 18.3 Å². The van der Waals surface area contributed by atoms with E-state index in [0.717, 1.165) is 22.3 Å². The molecule has 0 radical (unpaired) electrons. The summed E-state index contributed by atoms with van der Waals surface area (Å²) in [6, 6.07) is 12.7. The first-order chi connectivity index (χ1) is 14.3. The highest BCUT2D eigenvalue weighted by Gasteiger charge is 2.30. The molecule has 0 fully saturated rings. The van der Waals surface area contributed by atoms with Gasteiger partial charge in [0.25, 0.3) is 5.91 Å². The summed E-state index contributed by atoms with van der Waals surface area (Å²) in [5.41, 5.74) is 0.884. The number of aromatic nitrogens is 3. The predicted molar refractivity (Wildman–Crippen MR) is 109 cm³/mol. The summed E-state index contributed by atoms with van der Waals surface area (Å²) < 4.78 is 41.4. The Hall–Kier alpha value is -3.20. The van der Waals surface area contributed by atoms with Crippen molar-refractivity contribution in [3.05, 3.63) is 77.6 Å². The number of carbonyl (C=O) groups is 1. The van der Waals surface area contributed by atoms with Gasteiger partial charge in [-0.1, -0.05) is 35.6 Å². The molecule has 2 aromatic carbocycles. The van der Waals surface area contributed by atoms with Crippen molar-refractivity contribution in [1.29, 1.82) is 0 Å². The first-order valence-corrected chi connectivity index (χ1v) is 10.0. The van der Waals surface area contributed by atoms with Crippen LogP contribution in [0.25, 0.3) is 15.3 Å². The maximum Gasteiger partial charge on any atom is 0.416 e. The van der Waals surface area contributed by atoms with E-state index in [4.69, 9.17) is 0 Å². The third-order valence-corrected chi connectivity index (χ3v) is 5.63. The Kier molecular flexibility index (Phi) is 5.29. The maximum atomic E-state index is 13.0. The maximum absolute atomic E-state index is 13.0. The number of halogens is 3. The molecule has 154 valence electrons. The number of rotatable bonds is 5. The van der Waals surface area contributed by atoms with Crippen molar-refractivity contribution in [2.45, 2.75) is 19.6 Å². The van der Waals surface area contributed by atoms with Gasteiger partial charge in [-0.15, -0.1) is 0 Å². The minimum atomic E-state index is -4.42. The summed E-state index contributed by atoms with van der Waals surface area (Å²) in [4.78, 5) is 18.9. The SMILES string of the molecule is CCN(Cc1cccc(C(F)(F)F)c1)C(=O)c1cnn(-c2nc3ccccc3s2)c1. The van der Waals surface area contributed by atoms with Crippen LogP contribution < -0.4 is 0 Å². The quantitative estimate of drug-likeness (QED) is 0.439. The van der Waals surface area contributed by atoms with Gasteiger partial charge in [0.15, 0.2) is 0 Å². The Labute approximate surface area is 174 Å². The number of amides is 1. The van der Waals surface area contributed by atoms with Crippen molar-refractivity contribution in [2.75, 3.05) is 6.54 Å². The molecule has 1 amide bonds. The van der Waals surface area contributed by atoms with Crippen LogP contribution in [0.3, 0.4) is 0 Å². The molecule has 2 aromatic heterocycles. The van der Waals surface area contributed by atoms with Crippen LogP contribution in [0, 0.1) is 0 Å². The normalized spacial score (nSPS) is 11.7. The standard InChI is InChI=1S/C21H17F3N4OS/c1-2-27(12-14-6-5-7-16(10-14)21(22,23)24)19(29)15-11-25-28(13-15)20-26-17-8-3-4-9-18(17)30-20/h3-11,13H,2,12H2,1H3. The lowest BCUT2D eigenvalue weighted by molar-refractivity contribution is -0.137. The zero-order valence-corrected chi connectivity index (χ0v) is 16.7. The minimum Gasteiger partial charge on any atom is -0.335 e. The summed E-state index contributed by atoms with van der Waals surface area (Å²) in [6.45, 7) is 2.20. The van der Waals surface area contributed by atoms with E-state index in [1.165, 1.54) is 33.2 Å². The average molecular weight is 430 g/mol. The summed E-state index contributed by atoms with van der Waals surface area (Å²) in [7, 11) is 0. The lowest BCUT2D eigenvalue weighted by atomic mass is 10.1. The van der Waals surface area contributed by atoms with Crippen molar-refractivity contribution < 1.29 is 18.0 Å². The van der Waals surface area contributed by atoms with Crippen LogP contribution in [0.4, 0.5) is 13.2 Å². The first-order valence-electron chi connectivity index (χ1n) is 9.21. The number of hydrogen-bond acceptors (Lipinski definition) is 4. The van der Waals surface area contributed by atoms with Crippen molar-refractivity contribution in [3.63, 3.8) is 0 Å². The molecule has 0 atom stereocenters. The molecule has 0 aliphatic carbocycles. The van der Waals surface area contributed by atoms with Crippen LogP contribution in [0.15, 0.2) is 60.9 Å². The number of fused-ring (bicyclic) bond motifs is 1. The van der Waals surface area contributed by atoms with Gasteiger partial charge < -0.3 is 4.90 Å². The van der Waals surface area contributed by atoms with Crippen LogP contribution in [-0.2, 0) is 12.7 Å². The Morgan fingerprint density at radius 1 is 1.17 bits per heavy atom. The highest BCUT2D eigenvalue weighted by molar-refractivity contribution is 7.20. The molecule has 5 nitrogen and oxygen atoms in total. The summed E-state index contributed by atoms with van der Waals surface area (Å²) in [5, 5.41) is 4.88. The zero-order valence-electron chi connectivity index (χ0n) is 15.9. The molecule has 0 aliphatic rings. The topological polar surface area (TPSA) is 51.0 Å². The number of alkyl halides is 3. The third-order valence-electron chi connectivity index (χ3n) is 4.60. The molecule has 0 aliphatic heterocycles. The second-order valence-electron chi connectivity index (χ2n) is 6.66. The van der Waals surface area contributed by atoms with Crippen LogP contribution in [0.1, 0.15) is 28.4 Å². The largest absolute Gasteiger partial charge is 0.416 e. The van der Waals surface area contributed by atoms with Crippen molar-refractivity contribution in [1.82, 2.24) is 19.7 Å². The fourth-order valence-corrected chi connectivity index (χ4v) is 3.97. The smallest absolute Gasteiger partial charge is 0.335 e. The lowest BCUT2D eigenvalue weighted by Crippen LogP contribution is -2.30. The van der Waals surface area contributed by atoms with Crippen LogP contribution in [0.5, 0.6) is 0 Å². The predicted octanol–water partition coefficient (Wildman–Crippen LogP) is 5.16. The van der Waals surface area contributed by atoms with E-state index >= 15 is 0 Å². The molecule has 0 saturated carbocycles. The molecule has 0 bridgehead atoms. The molecule has 0 unspecified atom stereocenters. The molecular formula is C21H17F3N4OS. The number of benzene rings is 2. The van der Waals surface area contributed by atoms with Gasteiger partial charge in [-0.05, 0) is 36.8 Å². The Morgan fingerprint density at radius 3 is 2.70 bits per heavy atom. The van der Waals surface area contributed by atoms with E-state index in [2.05, 4.69) is 10.1 Å². The van der Waals surface area contributed by atoms with E-state index < -0.39 is 11.7 Å². The molecular weight excluding hydrogens is 413 g/mol. The number of thiazole rings is 1. The van der Waals surface area contributed by atoms with Gasteiger partial charge in [0.05, 0.1) is 27.5 Å². The summed E-state index contributed by atoms with van der Waals surface area (Å²) in [5.74, 6) is -0.303. The fraction of sp³-hybridized carbons (Fsp3) is 0.190. The number of hydrogen-bond donors (Lipinski definition) is 0. The first kappa shape index (κ1) is 20.1. The van der Waals surface area contributed by atoms with Gasteiger partial charge in [-0.25, -0.2) is 9.67 Å². The molecule has 30 heavy (non-hydrogen) atoms. The third kappa shape index (κ3) is 4.06. The lowest BCUT2D eigenvalue weighted by Gasteiger charge is -2.21. The van der Waals surface area contributed by atoms with Gasteiger partial charge in [-0.3, -0.25) is 4.79 Å². The van der Waals surface area contributed by atoms with Gasteiger partial charge in [0, 0.05) is 19.3 Å². The highest BCUT2D eigenvalue weighted by atomic mass is 32.1. The summed E-state index contributed by atoms with van der Waals surface area (Å²) in [6.07, 6.45) is -1.38. The van der Waals surface area contributed by atoms with Crippen molar-refractivity contribution in [2.24, 2.45) is 0 Å². The van der Waals surface area contributed by atoms with E-state index in [-0.39, 0.29) is 12.5 Å². The number of nitrogens with zero attached hydrogens (tertiary/aromatic N) is 4. The minimum absolute atomic E-state index is 0.0750. The van der Waals surface area contributed by atoms with E-state index in [1.54, 1.807) is 19.2 Å². The van der Waals surface area contributed by atoms with Gasteiger partial charge in [0.2, 0.25) is 5.13 Å². The van der Waals surface area contributed by atoms with Crippen molar-refractivity contribution >= 4 is 27.5 Å². The van der Waals surface area contributed by atoms with Crippen LogP contribution in [-0.4, -0.2) is 32.1 Å². The number of para-hydroxylation sites is 1. The van der Waals surface area contributed by atoms with Crippen molar-refractivity contribution in [3.8, 4) is 5.13 Å². The molecule has 0 spiro atoms. The Balaban J connectivity index is 1.54. The molecule has 9 heteroatoms.